The number of carbonyl (C=O) groups excluding carboxylic acids is 2. The molecule has 8 heteroatoms. The van der Waals surface area contributed by atoms with E-state index in [2.05, 4.69) is 4.99 Å². The molecule has 172 valence electrons. The van der Waals surface area contributed by atoms with E-state index in [1.807, 2.05) is 48.5 Å². The van der Waals surface area contributed by atoms with Crippen LogP contribution in [0.5, 0.6) is 11.5 Å². The summed E-state index contributed by atoms with van der Waals surface area (Å²) in [5.74, 6) is 1.21. The number of fused-ring (bicyclic) bond motifs is 1. The van der Waals surface area contributed by atoms with Gasteiger partial charge in [0.25, 0.3) is 0 Å². The molecule has 1 saturated heterocycles. The van der Waals surface area contributed by atoms with Crippen molar-refractivity contribution in [1.82, 2.24) is 4.90 Å². The van der Waals surface area contributed by atoms with Gasteiger partial charge in [-0.3, -0.25) is 9.69 Å². The summed E-state index contributed by atoms with van der Waals surface area (Å²) in [6.45, 7) is 4.16. The van der Waals surface area contributed by atoms with Crippen LogP contribution >= 0.6 is 11.8 Å². The van der Waals surface area contributed by atoms with Crippen molar-refractivity contribution in [3.63, 3.8) is 0 Å². The minimum Gasteiger partial charge on any atom is -0.493 e. The first-order chi connectivity index (χ1) is 16.0. The summed E-state index contributed by atoms with van der Waals surface area (Å²) in [6, 6.07) is 14.7. The molecule has 0 unspecified atom stereocenters. The largest absolute Gasteiger partial charge is 0.493 e. The van der Waals surface area contributed by atoms with Crippen LogP contribution in [0.25, 0.3) is 0 Å². The predicted octanol–water partition coefficient (Wildman–Crippen LogP) is 4.49. The monoisotopic (exact) mass is 466 g/mol. The number of thioether (sulfide) groups is 1. The molecule has 2 aliphatic rings. The maximum Gasteiger partial charge on any atom is 0.338 e. The van der Waals surface area contributed by atoms with Gasteiger partial charge in [-0.05, 0) is 37.1 Å². The number of esters is 1. The molecule has 0 spiro atoms. The van der Waals surface area contributed by atoms with E-state index in [0.29, 0.717) is 46.7 Å². The first-order valence-corrected chi connectivity index (χ1v) is 11.8. The van der Waals surface area contributed by atoms with Gasteiger partial charge < -0.3 is 14.2 Å². The Morgan fingerprint density at radius 1 is 1.18 bits per heavy atom. The van der Waals surface area contributed by atoms with Crippen LogP contribution in [0.2, 0.25) is 0 Å². The summed E-state index contributed by atoms with van der Waals surface area (Å²) >= 11 is 1.51. The highest BCUT2D eigenvalue weighted by molar-refractivity contribution is 8.14. The van der Waals surface area contributed by atoms with E-state index in [-0.39, 0.29) is 12.5 Å². The molecule has 1 atom stereocenters. The zero-order valence-electron chi connectivity index (χ0n) is 18.9. The smallest absolute Gasteiger partial charge is 0.338 e. The number of amidine groups is 1. The summed E-state index contributed by atoms with van der Waals surface area (Å²) < 4.78 is 16.9. The van der Waals surface area contributed by atoms with Gasteiger partial charge in [0, 0.05) is 12.2 Å². The summed E-state index contributed by atoms with van der Waals surface area (Å²) in [4.78, 5) is 32.0. The molecular formula is C25H26N2O5S. The lowest BCUT2D eigenvalue weighted by atomic mass is 9.94. The fourth-order valence-electron chi connectivity index (χ4n) is 3.89. The van der Waals surface area contributed by atoms with Gasteiger partial charge in [0.1, 0.15) is 6.61 Å². The normalized spacial score (nSPS) is 17.9. The van der Waals surface area contributed by atoms with Crippen molar-refractivity contribution < 1.29 is 23.8 Å². The second-order valence-electron chi connectivity index (χ2n) is 7.56. The predicted molar refractivity (Wildman–Crippen MR) is 127 cm³/mol. The molecule has 4 rings (SSSR count). The van der Waals surface area contributed by atoms with Crippen molar-refractivity contribution in [2.24, 2.45) is 4.99 Å². The molecule has 0 bridgehead atoms. The molecule has 0 saturated carbocycles. The second kappa shape index (κ2) is 10.1. The quantitative estimate of drug-likeness (QED) is 0.560. The number of hydrogen-bond donors (Lipinski definition) is 0. The van der Waals surface area contributed by atoms with Gasteiger partial charge in [0.05, 0.1) is 31.0 Å². The van der Waals surface area contributed by atoms with Crippen molar-refractivity contribution in [2.45, 2.75) is 32.9 Å². The third kappa shape index (κ3) is 4.75. The minimum absolute atomic E-state index is 0.0739. The first kappa shape index (κ1) is 22.9. The van der Waals surface area contributed by atoms with Gasteiger partial charge in [-0.15, -0.1) is 0 Å². The number of hydrogen-bond acceptors (Lipinski definition) is 7. The number of methoxy groups -OCH3 is 1. The molecule has 7 nitrogen and oxygen atoms in total. The van der Waals surface area contributed by atoms with Crippen molar-refractivity contribution >= 4 is 28.8 Å². The standard InChI is InChI=1S/C25H26N2O5S/c1-4-31-24(29)22-16(2)26-25-27(21(28)12-13-33-25)23(22)18-10-11-19(20(14-18)30-3)32-15-17-8-6-5-7-9-17/h5-11,14,23H,4,12-13,15H2,1-3H3/t23-/m1/s1. The molecule has 1 amide bonds. The maximum absolute atomic E-state index is 12.9. The van der Waals surface area contributed by atoms with E-state index in [1.54, 1.807) is 25.9 Å². The Labute approximate surface area is 197 Å². The van der Waals surface area contributed by atoms with Crippen molar-refractivity contribution in [1.29, 1.82) is 0 Å². The van der Waals surface area contributed by atoms with Crippen molar-refractivity contribution in [2.75, 3.05) is 19.5 Å². The van der Waals surface area contributed by atoms with Crippen LogP contribution < -0.4 is 9.47 Å². The van der Waals surface area contributed by atoms with Gasteiger partial charge in [-0.1, -0.05) is 48.2 Å². The molecule has 0 radical (unpaired) electrons. The molecule has 2 heterocycles. The fourth-order valence-corrected chi connectivity index (χ4v) is 4.90. The Hall–Kier alpha value is -3.26. The molecule has 1 fully saturated rings. The molecule has 2 aliphatic heterocycles. The maximum atomic E-state index is 12.9. The van der Waals surface area contributed by atoms with E-state index in [4.69, 9.17) is 14.2 Å². The Balaban J connectivity index is 1.71. The lowest BCUT2D eigenvalue weighted by Gasteiger charge is -2.39. The Morgan fingerprint density at radius 2 is 1.97 bits per heavy atom. The molecule has 0 aliphatic carbocycles. The molecule has 2 aromatic rings. The molecule has 33 heavy (non-hydrogen) atoms. The third-order valence-corrected chi connectivity index (χ3v) is 6.40. The summed E-state index contributed by atoms with van der Waals surface area (Å²) in [6.07, 6.45) is 0.380. The molecule has 0 aromatic heterocycles. The van der Waals surface area contributed by atoms with Crippen LogP contribution in [0.4, 0.5) is 0 Å². The number of allylic oxidation sites excluding steroid dienone is 1. The average molecular weight is 467 g/mol. The number of rotatable bonds is 7. The number of aliphatic imine (C=N–C) groups is 1. The van der Waals surface area contributed by atoms with Gasteiger partial charge >= 0.3 is 5.97 Å². The number of benzene rings is 2. The number of carbonyl (C=O) groups is 2. The van der Waals surface area contributed by atoms with E-state index < -0.39 is 12.0 Å². The highest BCUT2D eigenvalue weighted by atomic mass is 32.2. The molecule has 2 aromatic carbocycles. The zero-order chi connectivity index (χ0) is 23.4. The lowest BCUT2D eigenvalue weighted by molar-refractivity contribution is -0.139. The summed E-state index contributed by atoms with van der Waals surface area (Å²) in [5, 5.41) is 0.602. The van der Waals surface area contributed by atoms with E-state index in [1.165, 1.54) is 11.8 Å². The van der Waals surface area contributed by atoms with Gasteiger partial charge in [-0.25, -0.2) is 9.79 Å². The second-order valence-corrected chi connectivity index (χ2v) is 8.63. The van der Waals surface area contributed by atoms with Crippen LogP contribution in [-0.4, -0.2) is 41.4 Å². The summed E-state index contributed by atoms with van der Waals surface area (Å²) in [5.41, 5.74) is 2.67. The summed E-state index contributed by atoms with van der Waals surface area (Å²) in [7, 11) is 1.57. The number of ether oxygens (including phenoxy) is 3. The lowest BCUT2D eigenvalue weighted by Crippen LogP contribution is -2.45. The number of nitrogens with zero attached hydrogens (tertiary/aromatic N) is 2. The van der Waals surface area contributed by atoms with E-state index >= 15 is 0 Å². The van der Waals surface area contributed by atoms with Crippen LogP contribution in [0.3, 0.4) is 0 Å². The van der Waals surface area contributed by atoms with Gasteiger partial charge in [-0.2, -0.15) is 0 Å². The first-order valence-electron chi connectivity index (χ1n) is 10.8. The topological polar surface area (TPSA) is 77.4 Å². The van der Waals surface area contributed by atoms with Gasteiger partial charge in [0.2, 0.25) is 5.91 Å². The van der Waals surface area contributed by atoms with Gasteiger partial charge in [0.15, 0.2) is 16.7 Å². The van der Waals surface area contributed by atoms with Crippen molar-refractivity contribution in [3.05, 3.63) is 70.9 Å². The molecule has 0 N–H and O–H groups in total. The van der Waals surface area contributed by atoms with Crippen LogP contribution in [0.15, 0.2) is 64.8 Å². The average Bonchev–Trinajstić information content (AvgIpc) is 2.82. The zero-order valence-corrected chi connectivity index (χ0v) is 19.7. The number of amides is 1. The SMILES string of the molecule is CCOC(=O)C1=C(C)N=C2SCCC(=O)N2[C@@H]1c1ccc(OCc2ccccc2)c(OC)c1. The minimum atomic E-state index is -0.645. The van der Waals surface area contributed by atoms with Crippen molar-refractivity contribution in [3.8, 4) is 11.5 Å². The Kier molecular flexibility index (Phi) is 7.03. The Bertz CT molecular complexity index is 1110. The van der Waals surface area contributed by atoms with E-state index in [0.717, 1.165) is 11.1 Å². The van der Waals surface area contributed by atoms with Crippen LogP contribution in [0, 0.1) is 0 Å². The van der Waals surface area contributed by atoms with Crippen LogP contribution in [0.1, 0.15) is 37.4 Å². The van der Waals surface area contributed by atoms with E-state index in [9.17, 15) is 9.59 Å². The Morgan fingerprint density at radius 3 is 2.70 bits per heavy atom. The molecular weight excluding hydrogens is 440 g/mol. The third-order valence-electron chi connectivity index (χ3n) is 5.44. The highest BCUT2D eigenvalue weighted by Gasteiger charge is 2.41. The fraction of sp³-hybridized carbons (Fsp3) is 0.320. The highest BCUT2D eigenvalue weighted by Crippen LogP contribution is 2.42. The van der Waals surface area contributed by atoms with Crippen LogP contribution in [-0.2, 0) is 20.9 Å².